The van der Waals surface area contributed by atoms with Crippen molar-refractivity contribution in [3.8, 4) is 6.07 Å². The van der Waals surface area contributed by atoms with Gasteiger partial charge in [0.15, 0.2) is 6.29 Å². The minimum Gasteiger partial charge on any atom is -0.377 e. The molecule has 0 saturated carbocycles. The third-order valence-electron chi connectivity index (χ3n) is 7.62. The van der Waals surface area contributed by atoms with Gasteiger partial charge in [0.2, 0.25) is 0 Å². The van der Waals surface area contributed by atoms with Crippen molar-refractivity contribution in [2.24, 2.45) is 0 Å². The molecule has 2 fully saturated rings. The van der Waals surface area contributed by atoms with Crippen molar-refractivity contribution in [3.63, 3.8) is 0 Å². The van der Waals surface area contributed by atoms with Crippen LogP contribution in [0, 0.1) is 11.3 Å². The number of nitrogens with one attached hydrogen (secondary N) is 2. The Bertz CT molecular complexity index is 1420. The molecule has 2 aromatic rings. The number of methoxy groups -OCH3 is 2. The molecule has 0 radical (unpaired) electrons. The number of urea groups is 1. The zero-order valence-corrected chi connectivity index (χ0v) is 22.9. The van der Waals surface area contributed by atoms with Crippen molar-refractivity contribution in [1.29, 1.82) is 5.26 Å². The number of nitriles is 1. The average Bonchev–Trinajstić information content (AvgIpc) is 3.62. The van der Waals surface area contributed by atoms with Gasteiger partial charge in [0.1, 0.15) is 47.2 Å². The van der Waals surface area contributed by atoms with E-state index < -0.39 is 6.03 Å². The number of hydrogen-bond donors (Lipinski definition) is 2. The predicted molar refractivity (Wildman–Crippen MR) is 147 cm³/mol. The van der Waals surface area contributed by atoms with Crippen molar-refractivity contribution >= 4 is 35.6 Å². The van der Waals surface area contributed by atoms with Crippen LogP contribution in [0.1, 0.15) is 40.0 Å². The molecule has 13 heteroatoms. The van der Waals surface area contributed by atoms with E-state index >= 15 is 0 Å². The fourth-order valence-corrected chi connectivity index (χ4v) is 5.46. The van der Waals surface area contributed by atoms with Crippen LogP contribution in [0.2, 0.25) is 0 Å². The topological polar surface area (TPSA) is 159 Å². The molecule has 3 atom stereocenters. The Hall–Kier alpha value is -4.34. The molecule has 0 bridgehead atoms. The van der Waals surface area contributed by atoms with Gasteiger partial charge in [0, 0.05) is 51.7 Å². The molecule has 2 saturated heterocycles. The zero-order valence-electron chi connectivity index (χ0n) is 22.9. The van der Waals surface area contributed by atoms with Crippen LogP contribution in [-0.2, 0) is 32.0 Å². The van der Waals surface area contributed by atoms with E-state index in [1.807, 2.05) is 16.9 Å². The number of pyridine rings is 2. The lowest BCUT2D eigenvalue weighted by molar-refractivity contribution is 0.0795. The molecule has 5 heterocycles. The number of nitrogens with zero attached hydrogens (tertiary/aromatic N) is 5. The van der Waals surface area contributed by atoms with Gasteiger partial charge in [0.05, 0.1) is 30.5 Å². The van der Waals surface area contributed by atoms with E-state index in [0.717, 1.165) is 5.56 Å². The van der Waals surface area contributed by atoms with Crippen molar-refractivity contribution in [3.05, 3.63) is 46.4 Å². The second-order valence-corrected chi connectivity index (χ2v) is 10.0. The number of rotatable bonds is 8. The quantitative estimate of drug-likeness (QED) is 0.358. The molecule has 0 aliphatic carbocycles. The van der Waals surface area contributed by atoms with E-state index in [9.17, 15) is 19.6 Å². The number of hydrogen-bond acceptors (Lipinski definition) is 11. The highest BCUT2D eigenvalue weighted by molar-refractivity contribution is 6.01. The SMILES string of the molecule is CO[C@@H]1CCN(Cc2cc3c(nc2C=O)N(C(=O)Nc2cc(N[C@@H]4COC[C@H]4OC)c(C#N)cn2)CCC3)C1=C=O. The van der Waals surface area contributed by atoms with E-state index in [2.05, 4.69) is 26.7 Å². The van der Waals surface area contributed by atoms with E-state index in [-0.39, 0.29) is 29.8 Å². The summed E-state index contributed by atoms with van der Waals surface area (Å²) in [6, 6.07) is 4.97. The first kappa shape index (κ1) is 28.2. The molecule has 5 rings (SSSR count). The molecule has 3 aliphatic heterocycles. The fraction of sp³-hybridized carbons (Fsp3) is 0.464. The molecule has 0 unspecified atom stereocenters. The third-order valence-corrected chi connectivity index (χ3v) is 7.62. The largest absolute Gasteiger partial charge is 0.377 e. The summed E-state index contributed by atoms with van der Waals surface area (Å²) in [6.45, 7) is 2.17. The number of carbonyl (C=O) groups is 2. The summed E-state index contributed by atoms with van der Waals surface area (Å²) in [6.07, 6.45) is 3.60. The highest BCUT2D eigenvalue weighted by Gasteiger charge is 2.32. The number of likely N-dealkylation sites (tertiary alicyclic amines) is 1. The van der Waals surface area contributed by atoms with Crippen LogP contribution in [0.5, 0.6) is 0 Å². The molecule has 2 N–H and O–H groups in total. The van der Waals surface area contributed by atoms with Gasteiger partial charge in [-0.25, -0.2) is 19.6 Å². The van der Waals surface area contributed by atoms with Gasteiger partial charge in [-0.2, -0.15) is 5.26 Å². The summed E-state index contributed by atoms with van der Waals surface area (Å²) in [4.78, 5) is 49.1. The van der Waals surface area contributed by atoms with Crippen LogP contribution < -0.4 is 15.5 Å². The number of aryl methyl sites for hydroxylation is 1. The van der Waals surface area contributed by atoms with Gasteiger partial charge in [-0.05, 0) is 30.9 Å². The Morgan fingerprint density at radius 3 is 2.85 bits per heavy atom. The van der Waals surface area contributed by atoms with Crippen molar-refractivity contribution < 1.29 is 28.6 Å². The summed E-state index contributed by atoms with van der Waals surface area (Å²) in [7, 11) is 3.15. The lowest BCUT2D eigenvalue weighted by atomic mass is 10.0. The van der Waals surface area contributed by atoms with Crippen molar-refractivity contribution in [2.75, 3.05) is 56.1 Å². The van der Waals surface area contributed by atoms with Crippen LogP contribution >= 0.6 is 0 Å². The minimum atomic E-state index is -0.459. The van der Waals surface area contributed by atoms with Gasteiger partial charge >= 0.3 is 6.03 Å². The first-order valence-corrected chi connectivity index (χ1v) is 13.4. The highest BCUT2D eigenvalue weighted by Crippen LogP contribution is 2.31. The Morgan fingerprint density at radius 1 is 1.27 bits per heavy atom. The lowest BCUT2D eigenvalue weighted by Crippen LogP contribution is -2.40. The van der Waals surface area contributed by atoms with Gasteiger partial charge in [-0.1, -0.05) is 0 Å². The summed E-state index contributed by atoms with van der Waals surface area (Å²) < 4.78 is 16.3. The summed E-state index contributed by atoms with van der Waals surface area (Å²) in [5, 5.41) is 15.6. The van der Waals surface area contributed by atoms with Crippen LogP contribution in [0.3, 0.4) is 0 Å². The Morgan fingerprint density at radius 2 is 2.12 bits per heavy atom. The van der Waals surface area contributed by atoms with Gasteiger partial charge < -0.3 is 24.4 Å². The lowest BCUT2D eigenvalue weighted by Gasteiger charge is -2.30. The standard InChI is InChI=1S/C28H31N7O6/c1-39-24-5-7-34(23(24)14-37)12-18-8-17-4-3-6-35(27(17)32-21(18)13-36)28(38)33-26-9-20(19(10-29)11-30-26)31-22-15-41-16-25(22)40-2/h8-9,11,13,22,24-25H,3-7,12,15-16H2,1-2H3,(H2,30,31,33,38)/t22-,24-,25-/m1/s1. The molecule has 13 nitrogen and oxygen atoms in total. The number of amides is 2. The third kappa shape index (κ3) is 5.77. The molecule has 0 spiro atoms. The first-order chi connectivity index (χ1) is 20.0. The van der Waals surface area contributed by atoms with Gasteiger partial charge in [-0.3, -0.25) is 15.0 Å². The normalized spacial score (nSPS) is 21.7. The molecule has 41 heavy (non-hydrogen) atoms. The van der Waals surface area contributed by atoms with E-state index in [1.54, 1.807) is 20.3 Å². The van der Waals surface area contributed by atoms with E-state index in [4.69, 9.17) is 14.2 Å². The molecular formula is C28H31N7O6. The number of carbonyl (C=O) groups excluding carboxylic acids is 3. The number of anilines is 3. The molecular weight excluding hydrogens is 530 g/mol. The predicted octanol–water partition coefficient (Wildman–Crippen LogP) is 1.91. The van der Waals surface area contributed by atoms with Crippen LogP contribution in [-0.4, -0.2) is 91.9 Å². The smallest absolute Gasteiger partial charge is 0.328 e. The van der Waals surface area contributed by atoms with Crippen LogP contribution in [0.4, 0.5) is 22.1 Å². The molecule has 2 aromatic heterocycles. The van der Waals surface area contributed by atoms with Crippen LogP contribution in [0.15, 0.2) is 24.0 Å². The molecule has 2 amide bonds. The second-order valence-electron chi connectivity index (χ2n) is 10.0. The zero-order chi connectivity index (χ0) is 28.9. The molecule has 0 aromatic carbocycles. The van der Waals surface area contributed by atoms with Crippen molar-refractivity contribution in [1.82, 2.24) is 14.9 Å². The van der Waals surface area contributed by atoms with Crippen molar-refractivity contribution in [2.45, 2.75) is 44.1 Å². The maximum atomic E-state index is 13.4. The monoisotopic (exact) mass is 561 g/mol. The Kier molecular flexibility index (Phi) is 8.56. The van der Waals surface area contributed by atoms with E-state index in [1.165, 1.54) is 11.1 Å². The minimum absolute atomic E-state index is 0.161. The van der Waals surface area contributed by atoms with Gasteiger partial charge in [-0.15, -0.1) is 0 Å². The second kappa shape index (κ2) is 12.4. The maximum absolute atomic E-state index is 13.4. The highest BCUT2D eigenvalue weighted by atomic mass is 16.5. The fourth-order valence-electron chi connectivity index (χ4n) is 5.46. The Balaban J connectivity index is 1.35. The van der Waals surface area contributed by atoms with E-state index in [0.29, 0.717) is 86.7 Å². The Labute approximate surface area is 237 Å². The number of fused-ring (bicyclic) bond motifs is 1. The number of ether oxygens (including phenoxy) is 3. The van der Waals surface area contributed by atoms with Crippen LogP contribution in [0.25, 0.3) is 0 Å². The summed E-state index contributed by atoms with van der Waals surface area (Å²) >= 11 is 0. The number of aromatic nitrogens is 2. The first-order valence-electron chi connectivity index (χ1n) is 13.4. The van der Waals surface area contributed by atoms with Gasteiger partial charge in [0.25, 0.3) is 0 Å². The summed E-state index contributed by atoms with van der Waals surface area (Å²) in [5.41, 5.74) is 2.93. The maximum Gasteiger partial charge on any atom is 0.328 e. The molecule has 3 aliphatic rings. The average molecular weight is 562 g/mol. The molecule has 214 valence electrons. The summed E-state index contributed by atoms with van der Waals surface area (Å²) in [5.74, 6) is 2.62. The number of aldehydes is 1.